The Balaban J connectivity index is 1.72. The smallest absolute Gasteiger partial charge is 0.282 e. The molecule has 134 valence electrons. The van der Waals surface area contributed by atoms with Gasteiger partial charge in [0.15, 0.2) is 5.69 Å². The highest BCUT2D eigenvalue weighted by Crippen LogP contribution is 2.15. The van der Waals surface area contributed by atoms with Crippen molar-refractivity contribution < 1.29 is 9.18 Å². The van der Waals surface area contributed by atoms with E-state index in [9.17, 15) is 14.0 Å². The molecule has 0 atom stereocenters. The third-order valence-electron chi connectivity index (χ3n) is 4.02. The highest BCUT2D eigenvalue weighted by Gasteiger charge is 2.18. The summed E-state index contributed by atoms with van der Waals surface area (Å²) in [7, 11) is 0. The highest BCUT2D eigenvalue weighted by molar-refractivity contribution is 6.02. The molecule has 27 heavy (non-hydrogen) atoms. The Morgan fingerprint density at radius 2 is 1.89 bits per heavy atom. The number of aryl methyl sites for hydroxylation is 1. The van der Waals surface area contributed by atoms with Crippen molar-refractivity contribution in [3.8, 4) is 5.69 Å². The number of carbonyl (C=O) groups excluding carboxylic acids is 1. The molecule has 0 aliphatic rings. The lowest BCUT2D eigenvalue weighted by molar-refractivity contribution is 0.101. The first-order chi connectivity index (χ1) is 13.0. The molecule has 2 N–H and O–H groups in total. The molecule has 0 saturated heterocycles. The summed E-state index contributed by atoms with van der Waals surface area (Å²) in [5.41, 5.74) is 1.05. The minimum absolute atomic E-state index is 0.146. The van der Waals surface area contributed by atoms with Crippen LogP contribution in [-0.2, 0) is 0 Å². The van der Waals surface area contributed by atoms with Crippen molar-refractivity contribution in [2.45, 2.75) is 6.92 Å². The Morgan fingerprint density at radius 3 is 2.67 bits per heavy atom. The van der Waals surface area contributed by atoms with Crippen LogP contribution in [0.2, 0.25) is 0 Å². The lowest BCUT2D eigenvalue weighted by Gasteiger charge is -2.11. The van der Waals surface area contributed by atoms with Gasteiger partial charge in [0.25, 0.3) is 5.91 Å². The normalized spacial score (nSPS) is 10.9. The zero-order valence-corrected chi connectivity index (χ0v) is 14.2. The maximum absolute atomic E-state index is 14.1. The lowest BCUT2D eigenvalue weighted by Crippen LogP contribution is -2.27. The van der Waals surface area contributed by atoms with E-state index in [1.165, 1.54) is 22.9 Å². The first-order valence-corrected chi connectivity index (χ1v) is 8.15. The van der Waals surface area contributed by atoms with Crippen LogP contribution in [0.15, 0.2) is 59.4 Å². The lowest BCUT2D eigenvalue weighted by atomic mass is 10.2. The van der Waals surface area contributed by atoms with Crippen molar-refractivity contribution in [3.05, 3.63) is 82.0 Å². The summed E-state index contributed by atoms with van der Waals surface area (Å²) < 4.78 is 15.3. The minimum Gasteiger partial charge on any atom is -0.324 e. The summed E-state index contributed by atoms with van der Waals surface area (Å²) in [6.45, 7) is 1.61. The zero-order chi connectivity index (χ0) is 19.0. The van der Waals surface area contributed by atoms with Gasteiger partial charge in [0.1, 0.15) is 11.5 Å². The number of amides is 1. The second-order valence-corrected chi connectivity index (χ2v) is 5.92. The number of aromatic amines is 1. The number of hydrogen-bond acceptors (Lipinski definition) is 4. The van der Waals surface area contributed by atoms with Crippen LogP contribution in [0.25, 0.3) is 16.7 Å². The third kappa shape index (κ3) is 3.08. The first-order valence-electron chi connectivity index (χ1n) is 8.15. The van der Waals surface area contributed by atoms with Crippen LogP contribution >= 0.6 is 0 Å². The van der Waals surface area contributed by atoms with Gasteiger partial charge in [0.05, 0.1) is 11.0 Å². The predicted molar refractivity (Wildman–Crippen MR) is 98.6 cm³/mol. The van der Waals surface area contributed by atoms with E-state index in [-0.39, 0.29) is 17.3 Å². The van der Waals surface area contributed by atoms with Gasteiger partial charge in [0.2, 0.25) is 11.4 Å². The van der Waals surface area contributed by atoms with Gasteiger partial charge in [-0.25, -0.2) is 14.1 Å². The molecular weight excluding hydrogens is 349 g/mol. The number of nitrogens with one attached hydrogen (secondary N) is 2. The average molecular weight is 363 g/mol. The number of imidazole rings is 1. The standard InChI is InChI=1S/C19H14FN5O2/c1-11-10-16(26)17(24-25(11)15-9-5-2-6-12(15)20)18(27)23-19-21-13-7-3-4-8-14(13)22-19/h2-10H,1H3,(H2,21,22,23,27). The fourth-order valence-electron chi connectivity index (χ4n) is 2.75. The molecule has 0 radical (unpaired) electrons. The van der Waals surface area contributed by atoms with E-state index in [2.05, 4.69) is 20.4 Å². The number of para-hydroxylation sites is 3. The van der Waals surface area contributed by atoms with Crippen LogP contribution in [0.4, 0.5) is 10.3 Å². The summed E-state index contributed by atoms with van der Waals surface area (Å²) in [4.78, 5) is 32.0. The molecule has 0 fully saturated rings. The average Bonchev–Trinajstić information content (AvgIpc) is 3.05. The van der Waals surface area contributed by atoms with Gasteiger partial charge in [-0.1, -0.05) is 24.3 Å². The number of hydrogen-bond donors (Lipinski definition) is 2. The number of H-pyrrole nitrogens is 1. The van der Waals surface area contributed by atoms with Crippen molar-refractivity contribution >= 4 is 22.9 Å². The van der Waals surface area contributed by atoms with Gasteiger partial charge in [0, 0.05) is 11.8 Å². The number of aromatic nitrogens is 4. The summed E-state index contributed by atoms with van der Waals surface area (Å²) in [6.07, 6.45) is 0. The largest absolute Gasteiger partial charge is 0.324 e. The van der Waals surface area contributed by atoms with Crippen molar-refractivity contribution in [2.24, 2.45) is 0 Å². The zero-order valence-electron chi connectivity index (χ0n) is 14.2. The van der Waals surface area contributed by atoms with Gasteiger partial charge in [-0.2, -0.15) is 5.10 Å². The van der Waals surface area contributed by atoms with Crippen LogP contribution in [0.3, 0.4) is 0 Å². The third-order valence-corrected chi connectivity index (χ3v) is 4.02. The maximum atomic E-state index is 14.1. The summed E-state index contributed by atoms with van der Waals surface area (Å²) in [6, 6.07) is 14.5. The molecule has 2 aromatic carbocycles. The van der Waals surface area contributed by atoms with Crippen LogP contribution < -0.4 is 10.7 Å². The van der Waals surface area contributed by atoms with E-state index in [0.29, 0.717) is 11.2 Å². The van der Waals surface area contributed by atoms with Gasteiger partial charge in [-0.15, -0.1) is 0 Å². The molecule has 0 aliphatic carbocycles. The number of benzene rings is 2. The Labute approximate surface area is 152 Å². The summed E-state index contributed by atoms with van der Waals surface area (Å²) in [5.74, 6) is -1.05. The quantitative estimate of drug-likeness (QED) is 0.585. The SMILES string of the molecule is Cc1cc(=O)c(C(=O)Nc2nc3ccccc3[nH]2)nn1-c1ccccc1F. The molecule has 0 unspecified atom stereocenters. The van der Waals surface area contributed by atoms with E-state index in [1.807, 2.05) is 18.2 Å². The Kier molecular flexibility index (Phi) is 4.00. The molecular formula is C19H14FN5O2. The fourth-order valence-corrected chi connectivity index (χ4v) is 2.75. The molecule has 0 spiro atoms. The minimum atomic E-state index is -0.732. The molecule has 4 rings (SSSR count). The van der Waals surface area contributed by atoms with Crippen LogP contribution in [0.1, 0.15) is 16.2 Å². The van der Waals surface area contributed by atoms with Crippen LogP contribution in [0, 0.1) is 12.7 Å². The second-order valence-electron chi connectivity index (χ2n) is 5.92. The van der Waals surface area contributed by atoms with Gasteiger partial charge in [-0.3, -0.25) is 14.9 Å². The number of fused-ring (bicyclic) bond motifs is 1. The molecule has 1 amide bonds. The number of carbonyl (C=O) groups is 1. The number of rotatable bonds is 3. The maximum Gasteiger partial charge on any atom is 0.282 e. The van der Waals surface area contributed by atoms with E-state index in [0.717, 1.165) is 5.52 Å². The Bertz CT molecular complexity index is 1200. The Hall–Kier alpha value is -3.81. The van der Waals surface area contributed by atoms with E-state index in [1.54, 1.807) is 25.1 Å². The summed E-state index contributed by atoms with van der Waals surface area (Å²) >= 11 is 0. The van der Waals surface area contributed by atoms with Crippen LogP contribution in [-0.4, -0.2) is 25.7 Å². The summed E-state index contributed by atoms with van der Waals surface area (Å²) in [5, 5.41) is 6.59. The number of halogens is 1. The Morgan fingerprint density at radius 1 is 1.15 bits per heavy atom. The van der Waals surface area contributed by atoms with Gasteiger partial charge >= 0.3 is 0 Å². The molecule has 8 heteroatoms. The monoisotopic (exact) mass is 363 g/mol. The van der Waals surface area contributed by atoms with Crippen molar-refractivity contribution in [3.63, 3.8) is 0 Å². The fraction of sp³-hybridized carbons (Fsp3) is 0.0526. The van der Waals surface area contributed by atoms with E-state index < -0.39 is 17.2 Å². The number of nitrogens with zero attached hydrogens (tertiary/aromatic N) is 3. The van der Waals surface area contributed by atoms with E-state index in [4.69, 9.17) is 0 Å². The van der Waals surface area contributed by atoms with Crippen LogP contribution in [0.5, 0.6) is 0 Å². The molecule has 2 aromatic heterocycles. The van der Waals surface area contributed by atoms with Crippen molar-refractivity contribution in [2.75, 3.05) is 5.32 Å². The van der Waals surface area contributed by atoms with Crippen molar-refractivity contribution in [1.29, 1.82) is 0 Å². The predicted octanol–water partition coefficient (Wildman–Crippen LogP) is 2.81. The first kappa shape index (κ1) is 16.6. The number of anilines is 1. The molecule has 0 aliphatic heterocycles. The molecule has 0 saturated carbocycles. The molecule has 4 aromatic rings. The molecule has 2 heterocycles. The topological polar surface area (TPSA) is 92.7 Å². The second kappa shape index (κ2) is 6.49. The van der Waals surface area contributed by atoms with Gasteiger partial charge < -0.3 is 4.98 Å². The van der Waals surface area contributed by atoms with Gasteiger partial charge in [-0.05, 0) is 31.2 Å². The van der Waals surface area contributed by atoms with Crippen molar-refractivity contribution in [1.82, 2.24) is 19.7 Å². The highest BCUT2D eigenvalue weighted by atomic mass is 19.1. The molecule has 7 nitrogen and oxygen atoms in total. The van der Waals surface area contributed by atoms with E-state index >= 15 is 0 Å². The molecule has 0 bridgehead atoms.